The van der Waals surface area contributed by atoms with Crippen LogP contribution in [-0.4, -0.2) is 6.54 Å². The van der Waals surface area contributed by atoms with Gasteiger partial charge in [0.15, 0.2) is 0 Å². The van der Waals surface area contributed by atoms with Crippen molar-refractivity contribution >= 4 is 0 Å². The van der Waals surface area contributed by atoms with Gasteiger partial charge in [0.2, 0.25) is 0 Å². The molecule has 1 aromatic rings. The topological polar surface area (TPSA) is 25.2 Å². The van der Waals surface area contributed by atoms with Crippen LogP contribution in [0.15, 0.2) is 28.7 Å². The molecule has 1 aromatic heterocycles. The van der Waals surface area contributed by atoms with E-state index in [1.165, 1.54) is 0 Å². The van der Waals surface area contributed by atoms with Gasteiger partial charge in [0.05, 0.1) is 6.04 Å². The van der Waals surface area contributed by atoms with Crippen molar-refractivity contribution in [1.29, 1.82) is 0 Å². The number of nitrogens with one attached hydrogen (secondary N) is 1. The SMILES string of the molecule is C=C(C)CN[C@H](C)c1ccc(C)o1. The molecule has 1 rings (SSSR count). The molecule has 0 aromatic carbocycles. The first-order valence-electron chi connectivity index (χ1n) is 4.53. The molecule has 2 nitrogen and oxygen atoms in total. The van der Waals surface area contributed by atoms with Gasteiger partial charge in [-0.2, -0.15) is 0 Å². The average molecular weight is 179 g/mol. The van der Waals surface area contributed by atoms with Gasteiger partial charge in [-0.25, -0.2) is 0 Å². The Balaban J connectivity index is 2.48. The third-order valence-corrected chi connectivity index (χ3v) is 1.90. The van der Waals surface area contributed by atoms with Crippen LogP contribution >= 0.6 is 0 Å². The van der Waals surface area contributed by atoms with Gasteiger partial charge in [0.25, 0.3) is 0 Å². The fourth-order valence-corrected chi connectivity index (χ4v) is 1.11. The van der Waals surface area contributed by atoms with Gasteiger partial charge in [0.1, 0.15) is 11.5 Å². The van der Waals surface area contributed by atoms with E-state index in [4.69, 9.17) is 4.42 Å². The summed E-state index contributed by atoms with van der Waals surface area (Å²) >= 11 is 0. The van der Waals surface area contributed by atoms with Gasteiger partial charge < -0.3 is 9.73 Å². The number of hydrogen-bond acceptors (Lipinski definition) is 2. The van der Waals surface area contributed by atoms with Crippen LogP contribution in [0.25, 0.3) is 0 Å². The highest BCUT2D eigenvalue weighted by molar-refractivity contribution is 5.09. The van der Waals surface area contributed by atoms with Gasteiger partial charge in [-0.15, -0.1) is 0 Å². The first-order chi connectivity index (χ1) is 6.09. The Labute approximate surface area is 79.6 Å². The smallest absolute Gasteiger partial charge is 0.120 e. The predicted molar refractivity (Wildman–Crippen MR) is 54.7 cm³/mol. The second-order valence-corrected chi connectivity index (χ2v) is 3.51. The maximum absolute atomic E-state index is 5.49. The summed E-state index contributed by atoms with van der Waals surface area (Å²) in [6.07, 6.45) is 0. The molecule has 0 saturated carbocycles. The predicted octanol–water partition coefficient (Wildman–Crippen LogP) is 2.81. The van der Waals surface area contributed by atoms with Crippen LogP contribution in [0.4, 0.5) is 0 Å². The second-order valence-electron chi connectivity index (χ2n) is 3.51. The van der Waals surface area contributed by atoms with Crippen molar-refractivity contribution in [3.8, 4) is 0 Å². The molecule has 0 saturated heterocycles. The molecular formula is C11H17NO. The molecule has 0 fully saturated rings. The Hall–Kier alpha value is -1.02. The van der Waals surface area contributed by atoms with E-state index in [9.17, 15) is 0 Å². The van der Waals surface area contributed by atoms with Crippen LogP contribution in [0.1, 0.15) is 31.4 Å². The average Bonchev–Trinajstić information content (AvgIpc) is 2.47. The largest absolute Gasteiger partial charge is 0.465 e. The first-order valence-corrected chi connectivity index (χ1v) is 4.53. The highest BCUT2D eigenvalue weighted by Crippen LogP contribution is 2.15. The highest BCUT2D eigenvalue weighted by Gasteiger charge is 2.07. The highest BCUT2D eigenvalue weighted by atomic mass is 16.3. The van der Waals surface area contributed by atoms with Crippen molar-refractivity contribution < 1.29 is 4.42 Å². The maximum atomic E-state index is 5.49. The van der Waals surface area contributed by atoms with Gasteiger partial charge in [-0.1, -0.05) is 12.2 Å². The Morgan fingerprint density at radius 1 is 1.62 bits per heavy atom. The minimum absolute atomic E-state index is 0.255. The fourth-order valence-electron chi connectivity index (χ4n) is 1.11. The van der Waals surface area contributed by atoms with E-state index in [0.29, 0.717) is 0 Å². The standard InChI is InChI=1S/C11H17NO/c1-8(2)7-12-10(4)11-6-5-9(3)13-11/h5-6,10,12H,1,7H2,2-4H3/t10-/m1/s1. The molecule has 72 valence electrons. The monoisotopic (exact) mass is 179 g/mol. The zero-order chi connectivity index (χ0) is 9.84. The first kappa shape index (κ1) is 10.1. The summed E-state index contributed by atoms with van der Waals surface area (Å²) < 4.78 is 5.49. The Bertz CT molecular complexity index is 288. The molecule has 1 heterocycles. The van der Waals surface area contributed by atoms with Crippen molar-refractivity contribution in [2.24, 2.45) is 0 Å². The van der Waals surface area contributed by atoms with Gasteiger partial charge in [-0.3, -0.25) is 0 Å². The summed E-state index contributed by atoms with van der Waals surface area (Å²) in [6.45, 7) is 10.7. The second kappa shape index (κ2) is 4.28. The Morgan fingerprint density at radius 2 is 2.31 bits per heavy atom. The van der Waals surface area contributed by atoms with E-state index < -0.39 is 0 Å². The molecule has 0 amide bonds. The summed E-state index contributed by atoms with van der Waals surface area (Å²) in [5.41, 5.74) is 1.13. The maximum Gasteiger partial charge on any atom is 0.120 e. The molecule has 0 radical (unpaired) electrons. The van der Waals surface area contributed by atoms with Crippen molar-refractivity contribution in [3.05, 3.63) is 35.8 Å². The lowest BCUT2D eigenvalue weighted by molar-refractivity contribution is 0.424. The normalized spacial score (nSPS) is 12.8. The summed E-state index contributed by atoms with van der Waals surface area (Å²) in [4.78, 5) is 0. The lowest BCUT2D eigenvalue weighted by Crippen LogP contribution is -2.19. The van der Waals surface area contributed by atoms with Crippen molar-refractivity contribution in [2.75, 3.05) is 6.54 Å². The van der Waals surface area contributed by atoms with Crippen molar-refractivity contribution in [3.63, 3.8) is 0 Å². The molecule has 0 unspecified atom stereocenters. The molecular weight excluding hydrogens is 162 g/mol. The van der Waals surface area contributed by atoms with Crippen LogP contribution in [0.5, 0.6) is 0 Å². The summed E-state index contributed by atoms with van der Waals surface area (Å²) in [6, 6.07) is 4.24. The lowest BCUT2D eigenvalue weighted by Gasteiger charge is -2.10. The number of aryl methyl sites for hydroxylation is 1. The molecule has 0 aliphatic rings. The van der Waals surface area contributed by atoms with Crippen LogP contribution in [0.2, 0.25) is 0 Å². The summed E-state index contributed by atoms with van der Waals surface area (Å²) in [5.74, 6) is 1.94. The zero-order valence-corrected chi connectivity index (χ0v) is 8.55. The van der Waals surface area contributed by atoms with Crippen LogP contribution in [-0.2, 0) is 0 Å². The van der Waals surface area contributed by atoms with Crippen molar-refractivity contribution in [2.45, 2.75) is 26.8 Å². The van der Waals surface area contributed by atoms with E-state index >= 15 is 0 Å². The van der Waals surface area contributed by atoms with Crippen molar-refractivity contribution in [1.82, 2.24) is 5.32 Å². The van der Waals surface area contributed by atoms with E-state index in [2.05, 4.69) is 18.8 Å². The number of hydrogen-bond donors (Lipinski definition) is 1. The molecule has 1 N–H and O–H groups in total. The Kier molecular flexibility index (Phi) is 3.32. The van der Waals surface area contributed by atoms with E-state index in [-0.39, 0.29) is 6.04 Å². The zero-order valence-electron chi connectivity index (χ0n) is 8.55. The van der Waals surface area contributed by atoms with E-state index in [0.717, 1.165) is 23.6 Å². The fraction of sp³-hybridized carbons (Fsp3) is 0.455. The van der Waals surface area contributed by atoms with E-state index in [1.54, 1.807) is 0 Å². The number of furan rings is 1. The van der Waals surface area contributed by atoms with Crippen LogP contribution in [0, 0.1) is 6.92 Å². The van der Waals surface area contributed by atoms with Crippen LogP contribution < -0.4 is 5.32 Å². The molecule has 0 aliphatic heterocycles. The quantitative estimate of drug-likeness (QED) is 0.719. The minimum atomic E-state index is 0.255. The summed E-state index contributed by atoms with van der Waals surface area (Å²) in [7, 11) is 0. The van der Waals surface area contributed by atoms with Gasteiger partial charge in [-0.05, 0) is 32.9 Å². The summed E-state index contributed by atoms with van der Waals surface area (Å²) in [5, 5.41) is 3.32. The molecule has 13 heavy (non-hydrogen) atoms. The molecule has 2 heteroatoms. The minimum Gasteiger partial charge on any atom is -0.465 e. The Morgan fingerprint density at radius 3 is 2.77 bits per heavy atom. The van der Waals surface area contributed by atoms with Gasteiger partial charge in [0, 0.05) is 6.54 Å². The lowest BCUT2D eigenvalue weighted by atomic mass is 10.2. The van der Waals surface area contributed by atoms with Gasteiger partial charge >= 0.3 is 0 Å². The van der Waals surface area contributed by atoms with Crippen LogP contribution in [0.3, 0.4) is 0 Å². The molecule has 1 atom stereocenters. The molecule has 0 aliphatic carbocycles. The third kappa shape index (κ3) is 3.07. The molecule has 0 bridgehead atoms. The third-order valence-electron chi connectivity index (χ3n) is 1.90. The molecule has 0 spiro atoms. The van der Waals surface area contributed by atoms with E-state index in [1.807, 2.05) is 26.0 Å². The number of rotatable bonds is 4.